The summed E-state index contributed by atoms with van der Waals surface area (Å²) >= 11 is 9.83. The second kappa shape index (κ2) is 11.5. The number of hydrogen-bond acceptors (Lipinski definition) is 4. The van der Waals surface area contributed by atoms with Crippen LogP contribution in [0.5, 0.6) is 0 Å². The zero-order valence-corrected chi connectivity index (χ0v) is 21.5. The van der Waals surface area contributed by atoms with E-state index >= 15 is 0 Å². The molecule has 0 radical (unpaired) electrons. The molecule has 1 N–H and O–H groups in total. The lowest BCUT2D eigenvalue weighted by atomic mass is 9.87. The Morgan fingerprint density at radius 2 is 1.88 bits per heavy atom. The molecule has 1 heterocycles. The Hall–Kier alpha value is -1.89. The fourth-order valence-corrected chi connectivity index (χ4v) is 5.81. The lowest BCUT2D eigenvalue weighted by Gasteiger charge is -2.21. The minimum Gasteiger partial charge on any atom is -0.309 e. The highest BCUT2D eigenvalue weighted by Crippen LogP contribution is 2.37. The average molecular weight is 500 g/mol. The van der Waals surface area contributed by atoms with Crippen molar-refractivity contribution in [2.45, 2.75) is 54.4 Å². The van der Waals surface area contributed by atoms with E-state index in [2.05, 4.69) is 40.9 Å². The van der Waals surface area contributed by atoms with Gasteiger partial charge in [0, 0.05) is 22.1 Å². The van der Waals surface area contributed by atoms with Crippen molar-refractivity contribution in [3.05, 3.63) is 70.9 Å². The molecule has 1 aliphatic carbocycles. The van der Waals surface area contributed by atoms with Gasteiger partial charge >= 0.3 is 0 Å². The molecule has 0 bridgehead atoms. The van der Waals surface area contributed by atoms with Crippen molar-refractivity contribution >= 4 is 46.8 Å². The molecule has 0 spiro atoms. The van der Waals surface area contributed by atoms with E-state index in [0.29, 0.717) is 23.3 Å². The van der Waals surface area contributed by atoms with E-state index in [-0.39, 0.29) is 11.8 Å². The molecule has 1 fully saturated rings. The van der Waals surface area contributed by atoms with Crippen LogP contribution in [-0.4, -0.2) is 28.2 Å². The Kier molecular flexibility index (Phi) is 8.45. The Morgan fingerprint density at radius 3 is 2.55 bits per heavy atom. The van der Waals surface area contributed by atoms with Gasteiger partial charge in [0.15, 0.2) is 5.82 Å². The third-order valence-corrected chi connectivity index (χ3v) is 8.30. The summed E-state index contributed by atoms with van der Waals surface area (Å²) in [5.74, 6) is 0.931. The summed E-state index contributed by atoms with van der Waals surface area (Å²) in [5.41, 5.74) is 2.16. The number of thioether (sulfide) groups is 2. The summed E-state index contributed by atoms with van der Waals surface area (Å²) in [4.78, 5) is 15.7. The zero-order chi connectivity index (χ0) is 23.2. The van der Waals surface area contributed by atoms with Crippen LogP contribution in [0.15, 0.2) is 64.5 Å². The first-order chi connectivity index (χ1) is 16.1. The number of benzene rings is 2. The number of carbonyl (C=O) groups is 1. The molecule has 0 saturated heterocycles. The zero-order valence-electron chi connectivity index (χ0n) is 19.1. The highest BCUT2D eigenvalue weighted by molar-refractivity contribution is 7.98. The maximum atomic E-state index is 13.4. The summed E-state index contributed by atoms with van der Waals surface area (Å²) in [6.07, 6.45) is 11.8. The smallest absolute Gasteiger partial charge is 0.233 e. The highest BCUT2D eigenvalue weighted by atomic mass is 35.5. The van der Waals surface area contributed by atoms with E-state index in [4.69, 9.17) is 11.6 Å². The Bertz CT molecular complexity index is 1080. The number of carbonyl (C=O) groups excluding carboxylic acids is 1. The lowest BCUT2D eigenvalue weighted by Crippen LogP contribution is -2.23. The maximum absolute atomic E-state index is 13.4. The van der Waals surface area contributed by atoms with Crippen LogP contribution < -0.4 is 5.32 Å². The first-order valence-electron chi connectivity index (χ1n) is 11.4. The van der Waals surface area contributed by atoms with Crippen LogP contribution in [0.1, 0.15) is 49.1 Å². The molecule has 1 atom stereocenters. The van der Waals surface area contributed by atoms with E-state index in [0.717, 1.165) is 16.9 Å². The van der Waals surface area contributed by atoms with Gasteiger partial charge in [-0.2, -0.15) is 5.10 Å². The van der Waals surface area contributed by atoms with E-state index in [1.165, 1.54) is 36.1 Å². The third-order valence-electron chi connectivity index (χ3n) is 6.33. The van der Waals surface area contributed by atoms with Gasteiger partial charge < -0.3 is 5.32 Å². The first kappa shape index (κ1) is 24.2. The van der Waals surface area contributed by atoms with Gasteiger partial charge in [-0.05, 0) is 60.2 Å². The number of rotatable bonds is 9. The molecule has 0 aliphatic heterocycles. The predicted molar refractivity (Wildman–Crippen MR) is 141 cm³/mol. The predicted octanol–water partition coefficient (Wildman–Crippen LogP) is 7.33. The molecule has 1 amide bonds. The number of aromatic nitrogens is 2. The molecular weight excluding hydrogens is 470 g/mol. The lowest BCUT2D eigenvalue weighted by molar-refractivity contribution is -0.118. The van der Waals surface area contributed by atoms with Gasteiger partial charge in [0.25, 0.3) is 0 Å². The standard InChI is InChI=1S/C26H30ClN3OS2/c1-32-21-10-7-19(8-11-21)17-30-14-13-25(29-30)28-26(31)22(15-18-5-3-4-6-18)20-9-12-24(33-2)23(27)16-20/h7-14,16,18,22H,3-6,15,17H2,1-2H3,(H,28,29,31). The van der Waals surface area contributed by atoms with E-state index in [1.54, 1.807) is 23.5 Å². The van der Waals surface area contributed by atoms with Gasteiger partial charge in [0.05, 0.1) is 17.5 Å². The van der Waals surface area contributed by atoms with Crippen LogP contribution in [0.25, 0.3) is 0 Å². The number of halogens is 1. The monoisotopic (exact) mass is 499 g/mol. The Balaban J connectivity index is 1.47. The summed E-state index contributed by atoms with van der Waals surface area (Å²) in [6, 6.07) is 16.4. The molecule has 1 unspecified atom stereocenters. The SMILES string of the molecule is CSc1ccc(Cn2ccc(NC(=O)C(CC3CCCC3)c3ccc(SC)c(Cl)c3)n2)cc1. The largest absolute Gasteiger partial charge is 0.309 e. The highest BCUT2D eigenvalue weighted by Gasteiger charge is 2.27. The quantitative estimate of drug-likeness (QED) is 0.313. The average Bonchev–Trinajstić information content (AvgIpc) is 3.50. The molecule has 1 saturated carbocycles. The van der Waals surface area contributed by atoms with E-state index in [9.17, 15) is 4.79 Å². The number of anilines is 1. The summed E-state index contributed by atoms with van der Waals surface area (Å²) in [7, 11) is 0. The van der Waals surface area contributed by atoms with Crippen molar-refractivity contribution in [1.82, 2.24) is 9.78 Å². The van der Waals surface area contributed by atoms with E-state index < -0.39 is 0 Å². The van der Waals surface area contributed by atoms with Crippen molar-refractivity contribution in [3.8, 4) is 0 Å². The molecule has 7 heteroatoms. The van der Waals surface area contributed by atoms with Gasteiger partial charge in [-0.3, -0.25) is 9.48 Å². The number of nitrogens with zero attached hydrogens (tertiary/aromatic N) is 2. The number of amides is 1. The third kappa shape index (κ3) is 6.37. The van der Waals surface area contributed by atoms with Crippen LogP contribution in [0.2, 0.25) is 5.02 Å². The second-order valence-corrected chi connectivity index (χ2v) is 10.7. The van der Waals surface area contributed by atoms with E-state index in [1.807, 2.05) is 41.4 Å². The molecule has 3 aromatic rings. The van der Waals surface area contributed by atoms with Gasteiger partial charge in [0.1, 0.15) is 0 Å². The van der Waals surface area contributed by atoms with Crippen molar-refractivity contribution in [2.24, 2.45) is 5.92 Å². The van der Waals surface area contributed by atoms with Crippen LogP contribution in [0, 0.1) is 5.92 Å². The van der Waals surface area contributed by atoms with Crippen molar-refractivity contribution < 1.29 is 4.79 Å². The Morgan fingerprint density at radius 1 is 1.12 bits per heavy atom. The Labute approximate surface area is 209 Å². The molecule has 33 heavy (non-hydrogen) atoms. The van der Waals surface area contributed by atoms with Crippen molar-refractivity contribution in [3.63, 3.8) is 0 Å². The molecule has 1 aromatic heterocycles. The second-order valence-electron chi connectivity index (χ2n) is 8.57. The normalized spacial score (nSPS) is 15.0. The first-order valence-corrected chi connectivity index (χ1v) is 14.2. The fourth-order valence-electron chi connectivity index (χ4n) is 4.52. The molecule has 1 aliphatic rings. The minimum atomic E-state index is -0.231. The molecule has 4 nitrogen and oxygen atoms in total. The molecule has 4 rings (SSSR count). The van der Waals surface area contributed by atoms with Gasteiger partial charge in [-0.1, -0.05) is 55.5 Å². The minimum absolute atomic E-state index is 0.00978. The van der Waals surface area contributed by atoms with Crippen LogP contribution in [0.4, 0.5) is 5.82 Å². The molecule has 2 aromatic carbocycles. The van der Waals surface area contributed by atoms with Crippen molar-refractivity contribution in [1.29, 1.82) is 0 Å². The number of hydrogen-bond donors (Lipinski definition) is 1. The van der Waals surface area contributed by atoms with Gasteiger partial charge in [-0.15, -0.1) is 23.5 Å². The van der Waals surface area contributed by atoms with Crippen LogP contribution in [-0.2, 0) is 11.3 Å². The summed E-state index contributed by atoms with van der Waals surface area (Å²) in [6.45, 7) is 0.668. The van der Waals surface area contributed by atoms with Gasteiger partial charge in [-0.25, -0.2) is 0 Å². The summed E-state index contributed by atoms with van der Waals surface area (Å²) < 4.78 is 1.86. The molecular formula is C26H30ClN3OS2. The van der Waals surface area contributed by atoms with Crippen molar-refractivity contribution in [2.75, 3.05) is 17.8 Å². The van der Waals surface area contributed by atoms with Gasteiger partial charge in [0.2, 0.25) is 5.91 Å². The summed E-state index contributed by atoms with van der Waals surface area (Å²) in [5, 5.41) is 8.36. The number of nitrogens with one attached hydrogen (secondary N) is 1. The van der Waals surface area contributed by atoms with Crippen LogP contribution in [0.3, 0.4) is 0 Å². The van der Waals surface area contributed by atoms with Crippen LogP contribution >= 0.6 is 35.1 Å². The topological polar surface area (TPSA) is 46.9 Å². The fraction of sp³-hybridized carbons (Fsp3) is 0.385. The molecule has 174 valence electrons. The maximum Gasteiger partial charge on any atom is 0.233 e.